The van der Waals surface area contributed by atoms with Crippen molar-refractivity contribution in [3.8, 4) is 0 Å². The van der Waals surface area contributed by atoms with Crippen molar-refractivity contribution in [2.45, 2.75) is 56.4 Å². The summed E-state index contributed by atoms with van der Waals surface area (Å²) in [6.07, 6.45) is 9.17. The van der Waals surface area contributed by atoms with Crippen LogP contribution in [0.1, 0.15) is 46.0 Å². The second-order valence-electron chi connectivity index (χ2n) is 4.53. The quantitative estimate of drug-likeness (QED) is 0.396. The van der Waals surface area contributed by atoms with E-state index >= 15 is 0 Å². The molecule has 0 aliphatic rings. The Hall–Kier alpha value is -0.970. The average molecular weight is 284 g/mol. The summed E-state index contributed by atoms with van der Waals surface area (Å²) < 4.78 is 7.09. The summed E-state index contributed by atoms with van der Waals surface area (Å²) >= 11 is 1.51. The molecule has 5 heteroatoms. The number of hydrogen-bond donors (Lipinski definition) is 0. The van der Waals surface area contributed by atoms with Crippen LogP contribution in [0.4, 0.5) is 0 Å². The number of imidazole rings is 1. The maximum atomic E-state index is 12.0. The van der Waals surface area contributed by atoms with Crippen LogP contribution < -0.4 is 0 Å². The fourth-order valence-electron chi connectivity index (χ4n) is 1.81. The first-order valence-corrected chi connectivity index (χ1v) is 7.87. The molecule has 0 amide bonds. The zero-order valence-electron chi connectivity index (χ0n) is 12.1. The van der Waals surface area contributed by atoms with Crippen LogP contribution >= 0.6 is 11.8 Å². The van der Waals surface area contributed by atoms with Crippen LogP contribution in [0.2, 0.25) is 0 Å². The van der Waals surface area contributed by atoms with Crippen molar-refractivity contribution in [3.05, 3.63) is 12.4 Å². The number of rotatable bonds is 9. The average Bonchev–Trinajstić information content (AvgIpc) is 2.79. The molecule has 0 aliphatic heterocycles. The Morgan fingerprint density at radius 2 is 2.21 bits per heavy atom. The number of nitrogens with zero attached hydrogens (tertiary/aromatic N) is 2. The normalized spacial score (nSPS) is 12.4. The summed E-state index contributed by atoms with van der Waals surface area (Å²) in [4.78, 5) is 16.2. The second kappa shape index (κ2) is 9.02. The molecule has 4 nitrogen and oxygen atoms in total. The lowest BCUT2D eigenvalue weighted by Crippen LogP contribution is -2.21. The van der Waals surface area contributed by atoms with Gasteiger partial charge in [-0.1, -0.05) is 44.4 Å². The molecule has 0 spiro atoms. The predicted octanol–water partition coefficient (Wildman–Crippen LogP) is 3.41. The van der Waals surface area contributed by atoms with Gasteiger partial charge in [0, 0.05) is 19.4 Å². The first-order valence-electron chi connectivity index (χ1n) is 6.99. The van der Waals surface area contributed by atoms with E-state index in [2.05, 4.69) is 11.9 Å². The van der Waals surface area contributed by atoms with Gasteiger partial charge in [0.05, 0.1) is 6.61 Å². The lowest BCUT2D eigenvalue weighted by Gasteiger charge is -2.14. The van der Waals surface area contributed by atoms with Gasteiger partial charge in [-0.05, 0) is 13.3 Å². The molecule has 1 heterocycles. The van der Waals surface area contributed by atoms with Gasteiger partial charge in [-0.25, -0.2) is 4.98 Å². The van der Waals surface area contributed by atoms with E-state index in [1.54, 1.807) is 6.20 Å². The molecule has 1 atom stereocenters. The maximum absolute atomic E-state index is 12.0. The number of thioether (sulfide) groups is 1. The van der Waals surface area contributed by atoms with Crippen LogP contribution in [-0.4, -0.2) is 27.4 Å². The van der Waals surface area contributed by atoms with Gasteiger partial charge in [-0.15, -0.1) is 0 Å². The summed E-state index contributed by atoms with van der Waals surface area (Å²) in [5, 5.41) is 0.728. The highest BCUT2D eigenvalue weighted by Gasteiger charge is 2.22. The summed E-state index contributed by atoms with van der Waals surface area (Å²) in [6.45, 7) is 4.47. The van der Waals surface area contributed by atoms with Crippen molar-refractivity contribution in [1.29, 1.82) is 0 Å². The maximum Gasteiger partial charge on any atom is 0.319 e. The molecule has 19 heavy (non-hydrogen) atoms. The number of aryl methyl sites for hydroxylation is 1. The van der Waals surface area contributed by atoms with Gasteiger partial charge < -0.3 is 9.30 Å². The van der Waals surface area contributed by atoms with Crippen molar-refractivity contribution in [3.63, 3.8) is 0 Å². The van der Waals surface area contributed by atoms with Gasteiger partial charge in [0.1, 0.15) is 5.25 Å². The number of unbranched alkanes of at least 4 members (excludes halogenated alkanes) is 3. The lowest BCUT2D eigenvalue weighted by molar-refractivity contribution is -0.142. The summed E-state index contributed by atoms with van der Waals surface area (Å²) in [5.74, 6) is -0.119. The molecule has 0 bridgehead atoms. The van der Waals surface area contributed by atoms with Crippen LogP contribution in [0.15, 0.2) is 17.6 Å². The molecule has 1 unspecified atom stereocenters. The fraction of sp³-hybridized carbons (Fsp3) is 0.714. The zero-order valence-corrected chi connectivity index (χ0v) is 12.9. The topological polar surface area (TPSA) is 44.1 Å². The molecule has 0 aliphatic carbocycles. The molecule has 1 rings (SSSR count). The predicted molar refractivity (Wildman–Crippen MR) is 78.2 cm³/mol. The largest absolute Gasteiger partial charge is 0.465 e. The first-order chi connectivity index (χ1) is 9.19. The van der Waals surface area contributed by atoms with E-state index < -0.39 is 0 Å². The van der Waals surface area contributed by atoms with Crippen molar-refractivity contribution >= 4 is 17.7 Å². The van der Waals surface area contributed by atoms with Gasteiger partial charge in [0.2, 0.25) is 0 Å². The number of hydrogen-bond acceptors (Lipinski definition) is 4. The Bertz CT molecular complexity index is 379. The molecule has 0 radical (unpaired) electrons. The Morgan fingerprint density at radius 1 is 1.42 bits per heavy atom. The number of carbonyl (C=O) groups is 1. The number of carbonyl (C=O) groups excluding carboxylic acids is 1. The second-order valence-corrected chi connectivity index (χ2v) is 5.70. The zero-order chi connectivity index (χ0) is 14.1. The Kier molecular flexibility index (Phi) is 7.63. The molecular formula is C14H24N2O2S. The third-order valence-corrected chi connectivity index (χ3v) is 4.21. The van der Waals surface area contributed by atoms with E-state index in [4.69, 9.17) is 4.74 Å². The van der Waals surface area contributed by atoms with Gasteiger partial charge in [-0.2, -0.15) is 0 Å². The van der Waals surface area contributed by atoms with Crippen molar-refractivity contribution in [2.24, 2.45) is 7.05 Å². The molecule has 1 aromatic rings. The van der Waals surface area contributed by atoms with Gasteiger partial charge in [0.25, 0.3) is 0 Å². The van der Waals surface area contributed by atoms with Gasteiger partial charge in [-0.3, -0.25) is 4.79 Å². The Morgan fingerprint density at radius 3 is 2.79 bits per heavy atom. The standard InChI is InChI=1S/C14H24N2O2S/c1-4-6-7-8-9-12(13(17)18-5-2)19-14-15-10-11-16(14)3/h10-12H,4-9H2,1-3H3. The number of aromatic nitrogens is 2. The van der Waals surface area contributed by atoms with Crippen molar-refractivity contribution in [2.75, 3.05) is 6.61 Å². The van der Waals surface area contributed by atoms with Crippen LogP contribution in [0.5, 0.6) is 0 Å². The third kappa shape index (κ3) is 5.68. The van der Waals surface area contributed by atoms with E-state index in [-0.39, 0.29) is 11.2 Å². The lowest BCUT2D eigenvalue weighted by atomic mass is 10.1. The number of ether oxygens (including phenoxy) is 1. The number of esters is 1. The highest BCUT2D eigenvalue weighted by molar-refractivity contribution is 8.00. The third-order valence-electron chi connectivity index (χ3n) is 2.89. The van der Waals surface area contributed by atoms with Crippen LogP contribution in [0, 0.1) is 0 Å². The van der Waals surface area contributed by atoms with Crippen LogP contribution in [0.25, 0.3) is 0 Å². The van der Waals surface area contributed by atoms with E-state index in [1.807, 2.05) is 24.7 Å². The van der Waals surface area contributed by atoms with E-state index in [9.17, 15) is 4.79 Å². The Labute approximate surface area is 119 Å². The highest BCUT2D eigenvalue weighted by atomic mass is 32.2. The molecule has 1 aromatic heterocycles. The van der Waals surface area contributed by atoms with E-state index in [0.29, 0.717) is 6.61 Å². The minimum Gasteiger partial charge on any atom is -0.465 e. The van der Waals surface area contributed by atoms with Gasteiger partial charge in [0.15, 0.2) is 5.16 Å². The summed E-state index contributed by atoms with van der Waals surface area (Å²) in [6, 6.07) is 0. The molecule has 0 fully saturated rings. The molecule has 0 saturated heterocycles. The fourth-order valence-corrected chi connectivity index (χ4v) is 2.86. The summed E-state index contributed by atoms with van der Waals surface area (Å²) in [7, 11) is 1.94. The molecule has 0 aromatic carbocycles. The monoisotopic (exact) mass is 284 g/mol. The Balaban J connectivity index is 2.53. The van der Waals surface area contributed by atoms with Crippen LogP contribution in [0.3, 0.4) is 0 Å². The van der Waals surface area contributed by atoms with Crippen molar-refractivity contribution < 1.29 is 9.53 Å². The molecule has 108 valence electrons. The minimum absolute atomic E-state index is 0.119. The SMILES string of the molecule is CCCCCCC(Sc1nccn1C)C(=O)OCC. The van der Waals surface area contributed by atoms with E-state index in [1.165, 1.54) is 31.0 Å². The van der Waals surface area contributed by atoms with Crippen molar-refractivity contribution in [1.82, 2.24) is 9.55 Å². The van der Waals surface area contributed by atoms with Gasteiger partial charge >= 0.3 is 5.97 Å². The molecule has 0 saturated carbocycles. The molecular weight excluding hydrogens is 260 g/mol. The first kappa shape index (κ1) is 16.1. The highest BCUT2D eigenvalue weighted by Crippen LogP contribution is 2.26. The minimum atomic E-state index is -0.141. The molecule has 0 N–H and O–H groups in total. The smallest absolute Gasteiger partial charge is 0.319 e. The summed E-state index contributed by atoms with van der Waals surface area (Å²) in [5.41, 5.74) is 0. The van der Waals surface area contributed by atoms with E-state index in [0.717, 1.165) is 18.0 Å². The van der Waals surface area contributed by atoms with Crippen LogP contribution in [-0.2, 0) is 16.6 Å².